The van der Waals surface area contributed by atoms with Crippen molar-refractivity contribution in [2.45, 2.75) is 51.3 Å². The third-order valence-electron chi connectivity index (χ3n) is 4.55. The highest BCUT2D eigenvalue weighted by molar-refractivity contribution is 7.89. The van der Waals surface area contributed by atoms with Crippen molar-refractivity contribution in [3.63, 3.8) is 0 Å². The standard InChI is InChI=1S/C17H23N3O3S/c1-11-9-12(2)16(13(3)10-11)24(21,22)20-7-5-15(6-8-20)17-19-18-14(4)23-17/h9-10,15H,5-8H2,1-4H3. The molecule has 0 bridgehead atoms. The van der Waals surface area contributed by atoms with Gasteiger partial charge >= 0.3 is 0 Å². The summed E-state index contributed by atoms with van der Waals surface area (Å²) in [5.41, 5.74) is 2.69. The minimum atomic E-state index is -3.47. The van der Waals surface area contributed by atoms with Gasteiger partial charge < -0.3 is 4.42 Å². The van der Waals surface area contributed by atoms with E-state index in [0.717, 1.165) is 16.7 Å². The first-order chi connectivity index (χ1) is 11.3. The Morgan fingerprint density at radius 2 is 1.62 bits per heavy atom. The number of rotatable bonds is 3. The van der Waals surface area contributed by atoms with E-state index >= 15 is 0 Å². The number of piperidine rings is 1. The third kappa shape index (κ3) is 3.10. The molecule has 1 aromatic carbocycles. The van der Waals surface area contributed by atoms with E-state index < -0.39 is 10.0 Å². The highest BCUT2D eigenvalue weighted by Crippen LogP contribution is 2.32. The van der Waals surface area contributed by atoms with E-state index in [2.05, 4.69) is 10.2 Å². The van der Waals surface area contributed by atoms with Gasteiger partial charge in [0, 0.05) is 25.9 Å². The summed E-state index contributed by atoms with van der Waals surface area (Å²) in [6, 6.07) is 3.85. The van der Waals surface area contributed by atoms with Crippen LogP contribution in [-0.4, -0.2) is 36.0 Å². The normalized spacial score (nSPS) is 17.3. The molecule has 0 radical (unpaired) electrons. The summed E-state index contributed by atoms with van der Waals surface area (Å²) in [6.45, 7) is 8.41. The fourth-order valence-electron chi connectivity index (χ4n) is 3.52. The second kappa shape index (κ2) is 6.29. The Labute approximate surface area is 142 Å². The van der Waals surface area contributed by atoms with Crippen LogP contribution in [0.4, 0.5) is 0 Å². The van der Waals surface area contributed by atoms with E-state index in [4.69, 9.17) is 4.42 Å². The maximum atomic E-state index is 13.1. The van der Waals surface area contributed by atoms with Gasteiger partial charge in [-0.15, -0.1) is 10.2 Å². The molecule has 0 aliphatic carbocycles. The average Bonchev–Trinajstić information content (AvgIpc) is 2.92. The Bertz CT molecular complexity index is 827. The van der Waals surface area contributed by atoms with Crippen LogP contribution in [0.3, 0.4) is 0 Å². The average molecular weight is 349 g/mol. The third-order valence-corrected chi connectivity index (χ3v) is 6.75. The van der Waals surface area contributed by atoms with Crippen LogP contribution < -0.4 is 0 Å². The van der Waals surface area contributed by atoms with Crippen LogP contribution >= 0.6 is 0 Å². The zero-order chi connectivity index (χ0) is 17.5. The minimum Gasteiger partial charge on any atom is -0.425 e. The SMILES string of the molecule is Cc1cc(C)c(S(=O)(=O)N2CCC(c3nnc(C)o3)CC2)c(C)c1. The smallest absolute Gasteiger partial charge is 0.243 e. The monoisotopic (exact) mass is 349 g/mol. The molecule has 1 aliphatic heterocycles. The second-order valence-corrected chi connectivity index (χ2v) is 8.44. The van der Waals surface area contributed by atoms with Crippen LogP contribution in [0.2, 0.25) is 0 Å². The number of hydrogen-bond donors (Lipinski definition) is 0. The molecule has 2 aromatic rings. The molecule has 24 heavy (non-hydrogen) atoms. The molecule has 2 heterocycles. The first-order valence-electron chi connectivity index (χ1n) is 8.17. The molecule has 0 spiro atoms. The van der Waals surface area contributed by atoms with Crippen molar-refractivity contribution in [2.75, 3.05) is 13.1 Å². The quantitative estimate of drug-likeness (QED) is 0.851. The van der Waals surface area contributed by atoms with Crippen molar-refractivity contribution < 1.29 is 12.8 Å². The Kier molecular flexibility index (Phi) is 4.48. The first kappa shape index (κ1) is 17.1. The van der Waals surface area contributed by atoms with Crippen LogP contribution in [0.5, 0.6) is 0 Å². The largest absolute Gasteiger partial charge is 0.425 e. The summed E-state index contributed by atoms with van der Waals surface area (Å²) in [4.78, 5) is 0.445. The molecule has 130 valence electrons. The van der Waals surface area contributed by atoms with Crippen molar-refractivity contribution >= 4 is 10.0 Å². The van der Waals surface area contributed by atoms with Gasteiger partial charge in [0.2, 0.25) is 21.8 Å². The van der Waals surface area contributed by atoms with E-state index in [-0.39, 0.29) is 5.92 Å². The summed E-state index contributed by atoms with van der Waals surface area (Å²) < 4.78 is 33.2. The van der Waals surface area contributed by atoms with Gasteiger partial charge in [0.25, 0.3) is 0 Å². The fourth-order valence-corrected chi connectivity index (χ4v) is 5.40. The lowest BCUT2D eigenvalue weighted by molar-refractivity contribution is 0.287. The van der Waals surface area contributed by atoms with Gasteiger partial charge in [0.15, 0.2) is 0 Å². The van der Waals surface area contributed by atoms with Gasteiger partial charge in [0.05, 0.1) is 4.90 Å². The predicted molar refractivity (Wildman–Crippen MR) is 90.4 cm³/mol. The molecule has 1 fully saturated rings. The van der Waals surface area contributed by atoms with Crippen LogP contribution in [0.25, 0.3) is 0 Å². The molecule has 0 N–H and O–H groups in total. The van der Waals surface area contributed by atoms with E-state index in [1.54, 1.807) is 11.2 Å². The number of aryl methyl sites for hydroxylation is 4. The van der Waals surface area contributed by atoms with Crippen LogP contribution in [0.15, 0.2) is 21.4 Å². The maximum absolute atomic E-state index is 13.1. The summed E-state index contributed by atoms with van der Waals surface area (Å²) >= 11 is 0. The highest BCUT2D eigenvalue weighted by atomic mass is 32.2. The highest BCUT2D eigenvalue weighted by Gasteiger charge is 2.33. The number of benzene rings is 1. The molecule has 7 heteroatoms. The topological polar surface area (TPSA) is 76.3 Å². The van der Waals surface area contributed by atoms with Gasteiger partial charge in [-0.1, -0.05) is 17.7 Å². The molecule has 0 saturated carbocycles. The molecule has 6 nitrogen and oxygen atoms in total. The van der Waals surface area contributed by atoms with Crippen LogP contribution in [0, 0.1) is 27.7 Å². The number of nitrogens with zero attached hydrogens (tertiary/aromatic N) is 3. The van der Waals surface area contributed by atoms with Crippen molar-refractivity contribution in [1.29, 1.82) is 0 Å². The molecule has 0 unspecified atom stereocenters. The van der Waals surface area contributed by atoms with Gasteiger partial charge in [-0.25, -0.2) is 8.42 Å². The van der Waals surface area contributed by atoms with Gasteiger partial charge in [-0.3, -0.25) is 0 Å². The molecular weight excluding hydrogens is 326 g/mol. The summed E-state index contributed by atoms with van der Waals surface area (Å²) in [5, 5.41) is 7.93. The minimum absolute atomic E-state index is 0.137. The Hall–Kier alpha value is -1.73. The zero-order valence-electron chi connectivity index (χ0n) is 14.5. The number of sulfonamides is 1. The van der Waals surface area contributed by atoms with Crippen LogP contribution in [0.1, 0.15) is 47.2 Å². The van der Waals surface area contributed by atoms with Gasteiger partial charge in [-0.05, 0) is 44.7 Å². The Morgan fingerprint density at radius 1 is 1.04 bits per heavy atom. The summed E-state index contributed by atoms with van der Waals surface area (Å²) in [6.07, 6.45) is 1.40. The van der Waals surface area contributed by atoms with Crippen molar-refractivity contribution in [1.82, 2.24) is 14.5 Å². The zero-order valence-corrected chi connectivity index (χ0v) is 15.4. The maximum Gasteiger partial charge on any atom is 0.243 e. The van der Waals surface area contributed by atoms with E-state index in [0.29, 0.717) is 42.6 Å². The molecule has 3 rings (SSSR count). The summed E-state index contributed by atoms with van der Waals surface area (Å²) in [7, 11) is -3.47. The van der Waals surface area contributed by atoms with E-state index in [1.165, 1.54) is 0 Å². The molecule has 1 aromatic heterocycles. The van der Waals surface area contributed by atoms with Crippen molar-refractivity contribution in [2.24, 2.45) is 0 Å². The Balaban J connectivity index is 1.81. The molecule has 1 saturated heterocycles. The lowest BCUT2D eigenvalue weighted by Gasteiger charge is -2.30. The molecular formula is C17H23N3O3S. The molecule has 0 atom stereocenters. The summed E-state index contributed by atoms with van der Waals surface area (Å²) in [5.74, 6) is 1.30. The molecule has 1 aliphatic rings. The fraction of sp³-hybridized carbons (Fsp3) is 0.529. The van der Waals surface area contributed by atoms with Gasteiger partial charge in [-0.2, -0.15) is 4.31 Å². The predicted octanol–water partition coefficient (Wildman–Crippen LogP) is 2.87. The molecule has 0 amide bonds. The van der Waals surface area contributed by atoms with Gasteiger partial charge in [0.1, 0.15) is 0 Å². The van der Waals surface area contributed by atoms with E-state index in [9.17, 15) is 8.42 Å². The lowest BCUT2D eigenvalue weighted by Crippen LogP contribution is -2.38. The lowest BCUT2D eigenvalue weighted by atomic mass is 9.98. The first-order valence-corrected chi connectivity index (χ1v) is 9.61. The second-order valence-electron chi connectivity index (χ2n) is 6.57. The number of hydrogen-bond acceptors (Lipinski definition) is 5. The van der Waals surface area contributed by atoms with Crippen molar-refractivity contribution in [3.8, 4) is 0 Å². The van der Waals surface area contributed by atoms with Crippen molar-refractivity contribution in [3.05, 3.63) is 40.6 Å². The van der Waals surface area contributed by atoms with Crippen LogP contribution in [-0.2, 0) is 10.0 Å². The van der Waals surface area contributed by atoms with E-state index in [1.807, 2.05) is 32.9 Å². The number of aromatic nitrogens is 2. The Morgan fingerprint density at radius 3 is 2.12 bits per heavy atom.